The maximum absolute atomic E-state index is 12.7. The smallest absolute Gasteiger partial charge is 0.340 e. The molecule has 0 aliphatic heterocycles. The highest BCUT2D eigenvalue weighted by atomic mass is 16.6. The van der Waals surface area contributed by atoms with E-state index >= 15 is 0 Å². The van der Waals surface area contributed by atoms with Crippen LogP contribution in [0.25, 0.3) is 11.0 Å². The van der Waals surface area contributed by atoms with Gasteiger partial charge in [0.1, 0.15) is 5.75 Å². The molecule has 1 aromatic heterocycles. The van der Waals surface area contributed by atoms with E-state index < -0.39 is 17.6 Å². The van der Waals surface area contributed by atoms with Gasteiger partial charge in [-0.05, 0) is 48.7 Å². The van der Waals surface area contributed by atoms with Gasteiger partial charge in [-0.15, -0.1) is 0 Å². The van der Waals surface area contributed by atoms with Crippen molar-refractivity contribution in [1.29, 1.82) is 0 Å². The minimum Gasteiger partial charge on any atom is -0.497 e. The van der Waals surface area contributed by atoms with Crippen LogP contribution in [0.15, 0.2) is 45.6 Å². The van der Waals surface area contributed by atoms with Crippen molar-refractivity contribution in [3.8, 4) is 17.2 Å². The molecular weight excluding hydrogens is 442 g/mol. The van der Waals surface area contributed by atoms with Crippen molar-refractivity contribution in [3.63, 3.8) is 0 Å². The molecule has 0 saturated heterocycles. The second-order valence-corrected chi connectivity index (χ2v) is 7.57. The molecule has 0 radical (unpaired) electrons. The van der Waals surface area contributed by atoms with Gasteiger partial charge in [-0.2, -0.15) is 0 Å². The standard InChI is InChI=1S/C25H25NO8/c1-14-19-9-10-21(32-15(2)27)24(33-16(3)28)23(19)34-25(30)20(14)13-22(29)26-12-11-17-5-7-18(31-4)8-6-17/h5-10H,11-13H2,1-4H3,(H,26,29). The summed E-state index contributed by atoms with van der Waals surface area (Å²) >= 11 is 0. The van der Waals surface area contributed by atoms with E-state index in [1.54, 1.807) is 20.1 Å². The Morgan fingerprint density at radius 2 is 1.65 bits per heavy atom. The third kappa shape index (κ3) is 5.80. The highest BCUT2D eigenvalue weighted by molar-refractivity contribution is 5.92. The number of rotatable bonds is 8. The molecule has 0 bridgehead atoms. The summed E-state index contributed by atoms with van der Waals surface area (Å²) in [6, 6.07) is 10.5. The number of esters is 2. The molecule has 9 nitrogen and oxygen atoms in total. The van der Waals surface area contributed by atoms with E-state index in [-0.39, 0.29) is 35.0 Å². The predicted molar refractivity (Wildman–Crippen MR) is 123 cm³/mol. The Balaban J connectivity index is 1.80. The Morgan fingerprint density at radius 3 is 2.26 bits per heavy atom. The number of methoxy groups -OCH3 is 1. The zero-order valence-corrected chi connectivity index (χ0v) is 19.4. The minimum atomic E-state index is -0.747. The summed E-state index contributed by atoms with van der Waals surface area (Å²) in [7, 11) is 1.59. The summed E-state index contributed by atoms with van der Waals surface area (Å²) in [5.41, 5.74) is 0.927. The molecule has 1 heterocycles. The third-order valence-corrected chi connectivity index (χ3v) is 5.11. The van der Waals surface area contributed by atoms with Gasteiger partial charge in [0.15, 0.2) is 11.3 Å². The Hall–Kier alpha value is -4.14. The van der Waals surface area contributed by atoms with Gasteiger partial charge in [-0.3, -0.25) is 14.4 Å². The fourth-order valence-electron chi connectivity index (χ4n) is 3.45. The zero-order valence-electron chi connectivity index (χ0n) is 19.4. The van der Waals surface area contributed by atoms with Crippen molar-refractivity contribution < 1.29 is 33.0 Å². The first-order valence-corrected chi connectivity index (χ1v) is 10.5. The SMILES string of the molecule is COc1ccc(CCNC(=O)Cc2c(C)c3ccc(OC(C)=O)c(OC(C)=O)c3oc2=O)cc1. The largest absolute Gasteiger partial charge is 0.497 e. The van der Waals surface area contributed by atoms with Crippen LogP contribution < -0.4 is 25.2 Å². The summed E-state index contributed by atoms with van der Waals surface area (Å²) in [5, 5.41) is 3.25. The molecule has 2 aromatic carbocycles. The fraction of sp³-hybridized carbons (Fsp3) is 0.280. The van der Waals surface area contributed by atoms with Crippen LogP contribution in [0.5, 0.6) is 17.2 Å². The lowest BCUT2D eigenvalue weighted by Crippen LogP contribution is -2.29. The number of benzene rings is 2. The molecule has 9 heteroatoms. The second-order valence-electron chi connectivity index (χ2n) is 7.57. The lowest BCUT2D eigenvalue weighted by atomic mass is 10.0. The summed E-state index contributed by atoms with van der Waals surface area (Å²) < 4.78 is 20.8. The van der Waals surface area contributed by atoms with E-state index in [9.17, 15) is 19.2 Å². The van der Waals surface area contributed by atoms with Crippen molar-refractivity contribution >= 4 is 28.8 Å². The molecule has 0 fully saturated rings. The average Bonchev–Trinajstić information content (AvgIpc) is 2.78. The first-order chi connectivity index (χ1) is 16.2. The Bertz CT molecular complexity index is 1290. The van der Waals surface area contributed by atoms with E-state index in [0.29, 0.717) is 23.9 Å². The zero-order chi connectivity index (χ0) is 24.8. The van der Waals surface area contributed by atoms with Gasteiger partial charge < -0.3 is 23.9 Å². The normalized spacial score (nSPS) is 10.6. The van der Waals surface area contributed by atoms with Crippen LogP contribution in [-0.2, 0) is 27.2 Å². The summed E-state index contributed by atoms with van der Waals surface area (Å²) in [5.74, 6) is -1.11. The fourth-order valence-corrected chi connectivity index (χ4v) is 3.45. The molecule has 1 amide bonds. The predicted octanol–water partition coefficient (Wildman–Crippen LogP) is 2.86. The van der Waals surface area contributed by atoms with Crippen LogP contribution in [-0.4, -0.2) is 31.5 Å². The topological polar surface area (TPSA) is 121 Å². The lowest BCUT2D eigenvalue weighted by molar-refractivity contribution is -0.134. The molecule has 0 aliphatic carbocycles. The number of fused-ring (bicyclic) bond motifs is 1. The summed E-state index contributed by atoms with van der Waals surface area (Å²) in [6.45, 7) is 4.43. The van der Waals surface area contributed by atoms with Crippen LogP contribution in [0.3, 0.4) is 0 Å². The van der Waals surface area contributed by atoms with Crippen molar-refractivity contribution in [2.24, 2.45) is 0 Å². The number of aryl methyl sites for hydroxylation is 1. The van der Waals surface area contributed by atoms with Crippen LogP contribution >= 0.6 is 0 Å². The van der Waals surface area contributed by atoms with Gasteiger partial charge in [-0.25, -0.2) is 4.79 Å². The van der Waals surface area contributed by atoms with Crippen molar-refractivity contribution in [2.75, 3.05) is 13.7 Å². The molecule has 3 rings (SSSR count). The number of hydrogen-bond acceptors (Lipinski definition) is 8. The van der Waals surface area contributed by atoms with Gasteiger partial charge in [0.2, 0.25) is 11.7 Å². The highest BCUT2D eigenvalue weighted by Gasteiger charge is 2.22. The number of carbonyl (C=O) groups is 3. The van der Waals surface area contributed by atoms with Gasteiger partial charge in [0.05, 0.1) is 19.1 Å². The van der Waals surface area contributed by atoms with E-state index in [0.717, 1.165) is 11.3 Å². The average molecular weight is 467 g/mol. The third-order valence-electron chi connectivity index (χ3n) is 5.11. The van der Waals surface area contributed by atoms with E-state index in [4.69, 9.17) is 18.6 Å². The number of amides is 1. The molecule has 1 N–H and O–H groups in total. The molecule has 0 spiro atoms. The van der Waals surface area contributed by atoms with Gasteiger partial charge >= 0.3 is 17.6 Å². The second kappa shape index (κ2) is 10.7. The van der Waals surface area contributed by atoms with Gasteiger partial charge in [0.25, 0.3) is 0 Å². The molecule has 0 saturated carbocycles. The number of nitrogens with one attached hydrogen (secondary N) is 1. The molecule has 3 aromatic rings. The number of carbonyl (C=O) groups excluding carboxylic acids is 3. The first kappa shape index (κ1) is 24.5. The van der Waals surface area contributed by atoms with Gasteiger partial charge in [-0.1, -0.05) is 12.1 Å². The van der Waals surface area contributed by atoms with Crippen LogP contribution in [0.4, 0.5) is 0 Å². The van der Waals surface area contributed by atoms with Crippen molar-refractivity contribution in [3.05, 3.63) is 63.5 Å². The first-order valence-electron chi connectivity index (χ1n) is 10.5. The lowest BCUT2D eigenvalue weighted by Gasteiger charge is -2.13. The van der Waals surface area contributed by atoms with Crippen LogP contribution in [0.2, 0.25) is 0 Å². The molecule has 0 aliphatic rings. The van der Waals surface area contributed by atoms with Crippen LogP contribution in [0.1, 0.15) is 30.5 Å². The molecule has 34 heavy (non-hydrogen) atoms. The maximum Gasteiger partial charge on any atom is 0.340 e. The minimum absolute atomic E-state index is 0.0416. The molecule has 0 atom stereocenters. The molecule has 178 valence electrons. The Kier molecular flexibility index (Phi) is 7.68. The summed E-state index contributed by atoms with van der Waals surface area (Å²) in [6.07, 6.45) is 0.438. The maximum atomic E-state index is 12.7. The van der Waals surface area contributed by atoms with E-state index in [2.05, 4.69) is 5.32 Å². The van der Waals surface area contributed by atoms with Gasteiger partial charge in [0, 0.05) is 25.8 Å². The van der Waals surface area contributed by atoms with E-state index in [1.165, 1.54) is 19.9 Å². The number of hydrogen-bond donors (Lipinski definition) is 1. The Labute approximate surface area is 195 Å². The van der Waals surface area contributed by atoms with E-state index in [1.807, 2.05) is 24.3 Å². The van der Waals surface area contributed by atoms with Crippen LogP contribution in [0, 0.1) is 6.92 Å². The molecule has 0 unspecified atom stereocenters. The molecular formula is C25H25NO8. The quantitative estimate of drug-likeness (QED) is 0.305. The van der Waals surface area contributed by atoms with Crippen molar-refractivity contribution in [1.82, 2.24) is 5.32 Å². The highest BCUT2D eigenvalue weighted by Crippen LogP contribution is 2.37. The monoisotopic (exact) mass is 467 g/mol. The number of ether oxygens (including phenoxy) is 3. The summed E-state index contributed by atoms with van der Waals surface area (Å²) in [4.78, 5) is 48.2. The Morgan fingerprint density at radius 1 is 0.971 bits per heavy atom. The van der Waals surface area contributed by atoms with Crippen molar-refractivity contribution in [2.45, 2.75) is 33.6 Å².